The fraction of sp³-hybridized carbons (Fsp3) is 0.400. The number of hydrogen-bond donors (Lipinski definition) is 1. The summed E-state index contributed by atoms with van der Waals surface area (Å²) in [5.74, 6) is -0.350. The second-order valence-corrected chi connectivity index (χ2v) is 5.18. The predicted octanol–water partition coefficient (Wildman–Crippen LogP) is 3.06. The molecule has 0 radical (unpaired) electrons. The molecule has 6 heteroatoms. The summed E-state index contributed by atoms with van der Waals surface area (Å²) in [6.07, 6.45) is 0.224. The number of aliphatic hydroxyl groups is 1. The van der Waals surface area contributed by atoms with Crippen molar-refractivity contribution in [2.75, 3.05) is 7.11 Å². The molecule has 21 heavy (non-hydrogen) atoms. The molecule has 1 atom stereocenters. The van der Waals surface area contributed by atoms with Crippen LogP contribution in [0.5, 0.6) is 5.75 Å². The number of rotatable bonds is 5. The van der Waals surface area contributed by atoms with Crippen molar-refractivity contribution in [1.82, 2.24) is 9.78 Å². The zero-order valence-electron chi connectivity index (χ0n) is 12.2. The smallest absolute Gasteiger partial charge is 0.165 e. The van der Waals surface area contributed by atoms with Gasteiger partial charge in [-0.3, -0.25) is 4.68 Å². The van der Waals surface area contributed by atoms with E-state index in [0.717, 1.165) is 17.8 Å². The molecule has 0 fully saturated rings. The van der Waals surface area contributed by atoms with Gasteiger partial charge in [0, 0.05) is 13.5 Å². The van der Waals surface area contributed by atoms with Gasteiger partial charge in [-0.05, 0) is 24.1 Å². The molecule has 0 saturated carbocycles. The highest BCUT2D eigenvalue weighted by Crippen LogP contribution is 2.28. The van der Waals surface area contributed by atoms with Gasteiger partial charge in [-0.2, -0.15) is 5.10 Å². The van der Waals surface area contributed by atoms with Gasteiger partial charge in [-0.1, -0.05) is 24.6 Å². The second-order valence-electron chi connectivity index (χ2n) is 4.80. The first-order valence-corrected chi connectivity index (χ1v) is 7.07. The minimum atomic E-state index is -0.808. The van der Waals surface area contributed by atoms with Crippen LogP contribution in [0.3, 0.4) is 0 Å². The first kappa shape index (κ1) is 15.8. The van der Waals surface area contributed by atoms with Gasteiger partial charge in [-0.25, -0.2) is 4.39 Å². The normalized spacial score (nSPS) is 12.5. The van der Waals surface area contributed by atoms with Crippen molar-refractivity contribution in [2.24, 2.45) is 7.05 Å². The molecular formula is C15H18ClFN2O2. The molecule has 1 unspecified atom stereocenters. The van der Waals surface area contributed by atoms with E-state index < -0.39 is 11.9 Å². The lowest BCUT2D eigenvalue weighted by Gasteiger charge is -2.13. The van der Waals surface area contributed by atoms with E-state index in [1.807, 2.05) is 6.92 Å². The number of aromatic nitrogens is 2. The molecule has 0 aliphatic rings. The number of nitrogens with zero attached hydrogens (tertiary/aromatic N) is 2. The average molecular weight is 313 g/mol. The Labute approximate surface area is 128 Å². The molecule has 1 heterocycles. The maximum atomic E-state index is 13.4. The van der Waals surface area contributed by atoms with Gasteiger partial charge in [0.1, 0.15) is 0 Å². The highest BCUT2D eigenvalue weighted by Gasteiger charge is 2.18. The molecule has 0 aliphatic heterocycles. The standard InChI is InChI=1S/C15H18ClFN2O2/c1-4-11-15(16)12(19(2)18-11)8-13(20)9-5-6-10(17)14(7-9)21-3/h5-7,13,20H,4,8H2,1-3H3. The third-order valence-corrected chi connectivity index (χ3v) is 3.89. The first-order chi connectivity index (χ1) is 9.97. The molecular weight excluding hydrogens is 295 g/mol. The van der Waals surface area contributed by atoms with E-state index >= 15 is 0 Å². The van der Waals surface area contributed by atoms with E-state index in [0.29, 0.717) is 17.0 Å². The van der Waals surface area contributed by atoms with E-state index in [1.165, 1.54) is 25.3 Å². The molecule has 0 saturated heterocycles. The van der Waals surface area contributed by atoms with E-state index in [2.05, 4.69) is 5.10 Å². The molecule has 1 aromatic carbocycles. The Hall–Kier alpha value is -1.59. The van der Waals surface area contributed by atoms with Gasteiger partial charge in [-0.15, -0.1) is 0 Å². The number of aliphatic hydroxyl groups excluding tert-OH is 1. The van der Waals surface area contributed by atoms with Gasteiger partial charge in [0.2, 0.25) is 0 Å². The number of benzene rings is 1. The van der Waals surface area contributed by atoms with Crippen molar-refractivity contribution in [3.63, 3.8) is 0 Å². The van der Waals surface area contributed by atoms with E-state index in [4.69, 9.17) is 16.3 Å². The lowest BCUT2D eigenvalue weighted by Crippen LogP contribution is -2.07. The lowest BCUT2D eigenvalue weighted by molar-refractivity contribution is 0.175. The summed E-state index contributed by atoms with van der Waals surface area (Å²) in [5, 5.41) is 15.2. The summed E-state index contributed by atoms with van der Waals surface area (Å²) in [7, 11) is 3.18. The molecule has 1 N–H and O–H groups in total. The summed E-state index contributed by atoms with van der Waals surface area (Å²) in [4.78, 5) is 0. The summed E-state index contributed by atoms with van der Waals surface area (Å²) < 4.78 is 20.0. The van der Waals surface area contributed by atoms with Crippen LogP contribution in [0.15, 0.2) is 18.2 Å². The van der Waals surface area contributed by atoms with Crippen molar-refractivity contribution < 1.29 is 14.2 Å². The number of ether oxygens (including phenoxy) is 1. The van der Waals surface area contributed by atoms with Crippen LogP contribution in [-0.4, -0.2) is 22.0 Å². The van der Waals surface area contributed by atoms with E-state index in [9.17, 15) is 9.50 Å². The second kappa shape index (κ2) is 6.45. The van der Waals surface area contributed by atoms with Gasteiger partial charge in [0.05, 0.1) is 29.6 Å². The predicted molar refractivity (Wildman–Crippen MR) is 79.2 cm³/mol. The van der Waals surface area contributed by atoms with Crippen LogP contribution in [0, 0.1) is 5.82 Å². The van der Waals surface area contributed by atoms with Crippen molar-refractivity contribution in [2.45, 2.75) is 25.9 Å². The zero-order chi connectivity index (χ0) is 15.6. The highest BCUT2D eigenvalue weighted by atomic mass is 35.5. The Morgan fingerprint density at radius 1 is 1.48 bits per heavy atom. The zero-order valence-corrected chi connectivity index (χ0v) is 13.0. The Bertz CT molecular complexity index is 643. The number of halogens is 2. The third kappa shape index (κ3) is 3.19. The van der Waals surface area contributed by atoms with Crippen molar-refractivity contribution >= 4 is 11.6 Å². The first-order valence-electron chi connectivity index (χ1n) is 6.69. The molecule has 0 aliphatic carbocycles. The van der Waals surface area contributed by atoms with Crippen molar-refractivity contribution in [3.8, 4) is 5.75 Å². The fourth-order valence-electron chi connectivity index (χ4n) is 2.23. The minimum Gasteiger partial charge on any atom is -0.494 e. The van der Waals surface area contributed by atoms with Crippen LogP contribution < -0.4 is 4.74 Å². The van der Waals surface area contributed by atoms with Gasteiger partial charge in [0.15, 0.2) is 11.6 Å². The summed E-state index contributed by atoms with van der Waals surface area (Å²) in [5.41, 5.74) is 2.13. The summed E-state index contributed by atoms with van der Waals surface area (Å²) >= 11 is 6.27. The highest BCUT2D eigenvalue weighted by molar-refractivity contribution is 6.31. The van der Waals surface area contributed by atoms with Crippen LogP contribution in [0.25, 0.3) is 0 Å². The van der Waals surface area contributed by atoms with Crippen molar-refractivity contribution in [1.29, 1.82) is 0 Å². The summed E-state index contributed by atoms with van der Waals surface area (Å²) in [6, 6.07) is 4.30. The Morgan fingerprint density at radius 2 is 2.19 bits per heavy atom. The molecule has 0 spiro atoms. The molecule has 2 aromatic rings. The monoisotopic (exact) mass is 312 g/mol. The van der Waals surface area contributed by atoms with Gasteiger partial charge < -0.3 is 9.84 Å². The van der Waals surface area contributed by atoms with Gasteiger partial charge >= 0.3 is 0 Å². The molecule has 4 nitrogen and oxygen atoms in total. The molecule has 2 rings (SSSR count). The maximum Gasteiger partial charge on any atom is 0.165 e. The lowest BCUT2D eigenvalue weighted by atomic mass is 10.0. The van der Waals surface area contributed by atoms with E-state index in [1.54, 1.807) is 11.7 Å². The number of methoxy groups -OCH3 is 1. The minimum absolute atomic E-state index is 0.108. The van der Waals surface area contributed by atoms with Crippen LogP contribution >= 0.6 is 11.6 Å². The van der Waals surface area contributed by atoms with E-state index in [-0.39, 0.29) is 5.75 Å². The fourth-order valence-corrected chi connectivity index (χ4v) is 2.60. The van der Waals surface area contributed by atoms with Crippen LogP contribution in [-0.2, 0) is 19.9 Å². The van der Waals surface area contributed by atoms with Crippen molar-refractivity contribution in [3.05, 3.63) is 46.0 Å². The topological polar surface area (TPSA) is 47.3 Å². The SMILES string of the molecule is CCc1nn(C)c(CC(O)c2ccc(F)c(OC)c2)c1Cl. The Morgan fingerprint density at radius 3 is 2.76 bits per heavy atom. The molecule has 1 aromatic heterocycles. The summed E-state index contributed by atoms with van der Waals surface area (Å²) in [6.45, 7) is 1.97. The Kier molecular flexibility index (Phi) is 4.85. The average Bonchev–Trinajstić information content (AvgIpc) is 2.75. The number of aryl methyl sites for hydroxylation is 2. The van der Waals surface area contributed by atoms with Crippen LogP contribution in [0.2, 0.25) is 5.02 Å². The quantitative estimate of drug-likeness (QED) is 0.923. The molecule has 114 valence electrons. The molecule has 0 amide bonds. The maximum absolute atomic E-state index is 13.4. The third-order valence-electron chi connectivity index (χ3n) is 3.45. The van der Waals surface area contributed by atoms with Crippen LogP contribution in [0.4, 0.5) is 4.39 Å². The van der Waals surface area contributed by atoms with Crippen LogP contribution in [0.1, 0.15) is 30.0 Å². The molecule has 0 bridgehead atoms. The van der Waals surface area contributed by atoms with Gasteiger partial charge in [0.25, 0.3) is 0 Å². The number of hydrogen-bond acceptors (Lipinski definition) is 3. The Balaban J connectivity index is 2.26. The largest absolute Gasteiger partial charge is 0.494 e.